The van der Waals surface area contributed by atoms with E-state index in [9.17, 15) is 9.18 Å². The maximum absolute atomic E-state index is 14.2. The van der Waals surface area contributed by atoms with E-state index in [-0.39, 0.29) is 41.9 Å². The Morgan fingerprint density at radius 3 is 2.58 bits per heavy atom. The summed E-state index contributed by atoms with van der Waals surface area (Å²) in [5, 5.41) is 3.13. The molecule has 1 aliphatic carbocycles. The van der Waals surface area contributed by atoms with Crippen molar-refractivity contribution >= 4 is 17.6 Å². The third-order valence-electron chi connectivity index (χ3n) is 6.31. The topological polar surface area (TPSA) is 85.8 Å². The van der Waals surface area contributed by atoms with Crippen LogP contribution in [0.2, 0.25) is 0 Å². The summed E-state index contributed by atoms with van der Waals surface area (Å²) in [6.07, 6.45) is 2.90. The van der Waals surface area contributed by atoms with Crippen LogP contribution in [0.1, 0.15) is 38.2 Å². The SMILES string of the molecule is CC(C)OC(=O)N1CC2COCC(C1)C2Oc1ncnc(Nc2ccccc2F)c1C1CC1. The molecule has 33 heavy (non-hydrogen) atoms. The van der Waals surface area contributed by atoms with Crippen LogP contribution in [-0.4, -0.2) is 59.5 Å². The zero-order valence-corrected chi connectivity index (χ0v) is 18.9. The molecule has 8 nitrogen and oxygen atoms in total. The predicted octanol–water partition coefficient (Wildman–Crippen LogP) is 4.11. The summed E-state index contributed by atoms with van der Waals surface area (Å²) in [6.45, 7) is 5.74. The van der Waals surface area contributed by atoms with Crippen molar-refractivity contribution in [3.05, 3.63) is 42.0 Å². The van der Waals surface area contributed by atoms with Crippen molar-refractivity contribution in [3.8, 4) is 5.88 Å². The van der Waals surface area contributed by atoms with E-state index in [1.54, 1.807) is 23.1 Å². The Bertz CT molecular complexity index is 1000. The highest BCUT2D eigenvalue weighted by Gasteiger charge is 2.45. The van der Waals surface area contributed by atoms with Crippen LogP contribution in [0.5, 0.6) is 5.88 Å². The summed E-state index contributed by atoms with van der Waals surface area (Å²) in [6, 6.07) is 6.53. The van der Waals surface area contributed by atoms with Gasteiger partial charge in [-0.1, -0.05) is 12.1 Å². The average Bonchev–Trinajstić information content (AvgIpc) is 3.60. The first-order valence-corrected chi connectivity index (χ1v) is 11.6. The van der Waals surface area contributed by atoms with Crippen molar-refractivity contribution in [1.29, 1.82) is 0 Å². The van der Waals surface area contributed by atoms with E-state index in [2.05, 4.69) is 15.3 Å². The van der Waals surface area contributed by atoms with Gasteiger partial charge in [-0.3, -0.25) is 0 Å². The van der Waals surface area contributed by atoms with E-state index in [1.165, 1.54) is 12.4 Å². The van der Waals surface area contributed by atoms with Gasteiger partial charge in [-0.05, 0) is 44.7 Å². The Balaban J connectivity index is 1.37. The molecule has 1 aromatic heterocycles. The second kappa shape index (κ2) is 9.13. The number of para-hydroxylation sites is 1. The first kappa shape index (κ1) is 21.9. The molecule has 2 atom stereocenters. The molecule has 2 saturated heterocycles. The number of amides is 1. The lowest BCUT2D eigenvalue weighted by Gasteiger charge is -2.46. The van der Waals surface area contributed by atoms with Crippen LogP contribution in [0, 0.1) is 17.7 Å². The molecule has 0 spiro atoms. The maximum Gasteiger partial charge on any atom is 0.410 e. The third kappa shape index (κ3) is 4.73. The molecule has 5 rings (SSSR count). The fourth-order valence-electron chi connectivity index (χ4n) is 4.65. The number of piperidine rings is 1. The Labute approximate surface area is 192 Å². The van der Waals surface area contributed by atoms with Gasteiger partial charge in [0.05, 0.1) is 30.6 Å². The third-order valence-corrected chi connectivity index (χ3v) is 6.31. The fourth-order valence-corrected chi connectivity index (χ4v) is 4.65. The van der Waals surface area contributed by atoms with Crippen LogP contribution in [0.15, 0.2) is 30.6 Å². The highest BCUT2D eigenvalue weighted by Crippen LogP contribution is 2.48. The predicted molar refractivity (Wildman–Crippen MR) is 119 cm³/mol. The van der Waals surface area contributed by atoms with Crippen molar-refractivity contribution < 1.29 is 23.4 Å². The summed E-state index contributed by atoms with van der Waals surface area (Å²) in [7, 11) is 0. The number of nitrogens with zero attached hydrogens (tertiary/aromatic N) is 3. The Morgan fingerprint density at radius 1 is 1.18 bits per heavy atom. The second-order valence-electron chi connectivity index (χ2n) is 9.30. The molecule has 0 radical (unpaired) electrons. The number of fused-ring (bicyclic) bond motifs is 2. The second-order valence-corrected chi connectivity index (χ2v) is 9.30. The van der Waals surface area contributed by atoms with Crippen LogP contribution in [-0.2, 0) is 9.47 Å². The quantitative estimate of drug-likeness (QED) is 0.700. The van der Waals surface area contributed by atoms with E-state index < -0.39 is 0 Å². The first-order valence-electron chi connectivity index (χ1n) is 11.6. The van der Waals surface area contributed by atoms with E-state index in [0.29, 0.717) is 43.7 Å². The van der Waals surface area contributed by atoms with E-state index in [0.717, 1.165) is 18.4 Å². The monoisotopic (exact) mass is 456 g/mol. The number of nitrogens with one attached hydrogen (secondary N) is 1. The van der Waals surface area contributed by atoms with Crippen LogP contribution in [0.25, 0.3) is 0 Å². The maximum atomic E-state index is 14.2. The molecular formula is C24H29FN4O4. The van der Waals surface area contributed by atoms with Gasteiger partial charge < -0.3 is 24.4 Å². The first-order chi connectivity index (χ1) is 16.0. The number of carbonyl (C=O) groups is 1. The Morgan fingerprint density at radius 2 is 1.91 bits per heavy atom. The fraction of sp³-hybridized carbons (Fsp3) is 0.542. The number of benzene rings is 1. The summed E-state index contributed by atoms with van der Waals surface area (Å²) in [4.78, 5) is 23.1. The molecule has 3 aliphatic rings. The molecule has 2 bridgehead atoms. The normalized spacial score (nSPS) is 24.5. The van der Waals surface area contributed by atoms with Gasteiger partial charge in [-0.15, -0.1) is 0 Å². The van der Waals surface area contributed by atoms with Gasteiger partial charge in [-0.25, -0.2) is 19.2 Å². The molecule has 2 unspecified atom stereocenters. The van der Waals surface area contributed by atoms with Gasteiger partial charge in [-0.2, -0.15) is 0 Å². The minimum atomic E-state index is -0.340. The number of hydrogen-bond acceptors (Lipinski definition) is 7. The molecule has 1 aromatic carbocycles. The molecule has 2 aliphatic heterocycles. The Hall–Kier alpha value is -2.94. The van der Waals surface area contributed by atoms with Crippen molar-refractivity contribution in [2.75, 3.05) is 31.6 Å². The van der Waals surface area contributed by atoms with E-state index >= 15 is 0 Å². The number of aromatic nitrogens is 2. The lowest BCUT2D eigenvalue weighted by atomic mass is 9.84. The molecule has 1 N–H and O–H groups in total. The summed E-state index contributed by atoms with van der Waals surface area (Å²) >= 11 is 0. The number of carbonyl (C=O) groups excluding carboxylic acids is 1. The van der Waals surface area contributed by atoms with E-state index in [1.807, 2.05) is 13.8 Å². The highest BCUT2D eigenvalue weighted by molar-refractivity contribution is 5.68. The van der Waals surface area contributed by atoms with Crippen LogP contribution >= 0.6 is 0 Å². The van der Waals surface area contributed by atoms with E-state index in [4.69, 9.17) is 14.2 Å². The number of rotatable bonds is 6. The van der Waals surface area contributed by atoms with Gasteiger partial charge in [0.1, 0.15) is 24.1 Å². The molecule has 2 aromatic rings. The lowest BCUT2D eigenvalue weighted by molar-refractivity contribution is -0.111. The molecule has 1 amide bonds. The zero-order valence-electron chi connectivity index (χ0n) is 18.9. The summed E-state index contributed by atoms with van der Waals surface area (Å²) in [5.74, 6) is 1.09. The van der Waals surface area contributed by atoms with Crippen LogP contribution in [0.4, 0.5) is 20.7 Å². The number of ether oxygens (including phenoxy) is 3. The molecular weight excluding hydrogens is 427 g/mol. The van der Waals surface area contributed by atoms with Crippen molar-refractivity contribution in [2.45, 2.75) is 44.8 Å². The Kier molecular flexibility index (Phi) is 6.05. The molecule has 3 heterocycles. The minimum Gasteiger partial charge on any atom is -0.473 e. The average molecular weight is 457 g/mol. The molecule has 176 valence electrons. The van der Waals surface area contributed by atoms with Crippen LogP contribution < -0.4 is 10.1 Å². The van der Waals surface area contributed by atoms with Crippen molar-refractivity contribution in [3.63, 3.8) is 0 Å². The smallest absolute Gasteiger partial charge is 0.410 e. The van der Waals surface area contributed by atoms with Gasteiger partial charge in [0.15, 0.2) is 0 Å². The molecule has 3 fully saturated rings. The number of likely N-dealkylation sites (tertiary alicyclic amines) is 1. The molecule has 9 heteroatoms. The van der Waals surface area contributed by atoms with Gasteiger partial charge in [0.2, 0.25) is 5.88 Å². The standard InChI is InChI=1S/C24H29FN4O4/c1-14(2)32-24(30)29-9-16-11-31-12-17(10-29)21(16)33-23-20(15-7-8-15)22(26-13-27-23)28-19-6-4-3-5-18(19)25/h3-6,13-17,21H,7-12H2,1-2H3,(H,26,27,28). The minimum absolute atomic E-state index is 0.0159. The van der Waals surface area contributed by atoms with Crippen molar-refractivity contribution in [2.24, 2.45) is 11.8 Å². The largest absolute Gasteiger partial charge is 0.473 e. The van der Waals surface area contributed by atoms with Gasteiger partial charge in [0.25, 0.3) is 0 Å². The van der Waals surface area contributed by atoms with Crippen molar-refractivity contribution in [1.82, 2.24) is 14.9 Å². The summed E-state index contributed by atoms with van der Waals surface area (Å²) in [5.41, 5.74) is 1.26. The van der Waals surface area contributed by atoms with Gasteiger partial charge >= 0.3 is 6.09 Å². The number of halogens is 1. The highest BCUT2D eigenvalue weighted by atomic mass is 19.1. The number of anilines is 2. The lowest BCUT2D eigenvalue weighted by Crippen LogP contribution is -2.59. The molecule has 1 saturated carbocycles. The number of hydrogen-bond donors (Lipinski definition) is 1. The summed E-state index contributed by atoms with van der Waals surface area (Å²) < 4.78 is 31.9. The van der Waals surface area contributed by atoms with Crippen LogP contribution in [0.3, 0.4) is 0 Å². The van der Waals surface area contributed by atoms with Gasteiger partial charge in [0, 0.05) is 24.9 Å². The zero-order chi connectivity index (χ0) is 22.9.